The highest BCUT2D eigenvalue weighted by atomic mass is 19.4. The molecule has 0 saturated carbocycles. The number of hydrogen-bond acceptors (Lipinski definition) is 3. The topological polar surface area (TPSA) is 75.6 Å². The molecule has 1 amide bonds. The maximum Gasteiger partial charge on any atom is 0.411 e. The molecule has 0 heterocycles. The third-order valence-electron chi connectivity index (χ3n) is 2.09. The van der Waals surface area contributed by atoms with E-state index in [2.05, 4.69) is 10.1 Å². The van der Waals surface area contributed by atoms with Crippen molar-refractivity contribution in [2.24, 2.45) is 0 Å². The summed E-state index contributed by atoms with van der Waals surface area (Å²) in [6, 6.07) is 5.92. The summed E-state index contributed by atoms with van der Waals surface area (Å²) in [7, 11) is 0. The second-order valence-corrected chi connectivity index (χ2v) is 3.92. The average Bonchev–Trinajstić information content (AvgIpc) is 2.29. The van der Waals surface area contributed by atoms with E-state index in [1.54, 1.807) is 0 Å². The van der Waals surface area contributed by atoms with Crippen LogP contribution in [-0.2, 0) is 20.7 Å². The molecule has 5 nitrogen and oxygen atoms in total. The molecular weight excluding hydrogens is 279 g/mol. The van der Waals surface area contributed by atoms with Gasteiger partial charge in [-0.25, -0.2) is 0 Å². The Kier molecular flexibility index (Phi) is 5.51. The molecule has 20 heavy (non-hydrogen) atoms. The number of carbonyl (C=O) groups excluding carboxylic acids is 1. The largest absolute Gasteiger partial charge is 0.481 e. The Morgan fingerprint density at radius 1 is 1.20 bits per heavy atom. The number of amides is 1. The first-order chi connectivity index (χ1) is 9.26. The molecule has 8 heteroatoms. The molecule has 0 radical (unpaired) electrons. The number of nitrogens with one attached hydrogen (secondary N) is 1. The van der Waals surface area contributed by atoms with Gasteiger partial charge in [0.25, 0.3) is 0 Å². The summed E-state index contributed by atoms with van der Waals surface area (Å²) in [6.45, 7) is -2.20. The van der Waals surface area contributed by atoms with Gasteiger partial charge in [0.2, 0.25) is 5.91 Å². The second-order valence-electron chi connectivity index (χ2n) is 3.92. The van der Waals surface area contributed by atoms with Crippen molar-refractivity contribution in [3.05, 3.63) is 29.8 Å². The summed E-state index contributed by atoms with van der Waals surface area (Å²) in [5, 5.41) is 10.9. The van der Waals surface area contributed by atoms with E-state index in [0.29, 0.717) is 11.3 Å². The lowest BCUT2D eigenvalue weighted by Crippen LogP contribution is -2.23. The number of alkyl halides is 3. The molecule has 0 saturated heterocycles. The van der Waals surface area contributed by atoms with Gasteiger partial charge in [-0.3, -0.25) is 9.59 Å². The molecule has 1 rings (SSSR count). The fraction of sp³-hybridized carbons (Fsp3) is 0.333. The highest BCUT2D eigenvalue weighted by Gasteiger charge is 2.27. The Balaban J connectivity index is 2.40. The fourth-order valence-electron chi connectivity index (χ4n) is 1.34. The van der Waals surface area contributed by atoms with Gasteiger partial charge in [-0.05, 0) is 17.7 Å². The fourth-order valence-corrected chi connectivity index (χ4v) is 1.34. The smallest absolute Gasteiger partial charge is 0.411 e. The monoisotopic (exact) mass is 291 g/mol. The molecular formula is C12H12F3NO4. The van der Waals surface area contributed by atoms with Crippen molar-refractivity contribution >= 4 is 17.6 Å². The van der Waals surface area contributed by atoms with Crippen LogP contribution in [0.4, 0.5) is 18.9 Å². The van der Waals surface area contributed by atoms with E-state index in [0.717, 1.165) is 0 Å². The van der Waals surface area contributed by atoms with Gasteiger partial charge in [-0.1, -0.05) is 12.1 Å². The van der Waals surface area contributed by atoms with Gasteiger partial charge >= 0.3 is 12.1 Å². The molecule has 1 aromatic carbocycles. The molecule has 0 aliphatic carbocycles. The van der Waals surface area contributed by atoms with Crippen LogP contribution in [0.15, 0.2) is 24.3 Å². The first-order valence-corrected chi connectivity index (χ1v) is 5.51. The van der Waals surface area contributed by atoms with Crippen LogP contribution in [-0.4, -0.2) is 36.4 Å². The zero-order valence-corrected chi connectivity index (χ0v) is 10.2. The van der Waals surface area contributed by atoms with Gasteiger partial charge < -0.3 is 15.2 Å². The molecule has 0 atom stereocenters. The summed E-state index contributed by atoms with van der Waals surface area (Å²) >= 11 is 0. The lowest BCUT2D eigenvalue weighted by molar-refractivity contribution is -0.174. The molecule has 0 aliphatic rings. The standard InChI is InChI=1S/C12H12F3NO4/c13-12(14,15)7-20-6-10(17)16-9-3-1-8(2-4-9)5-11(18)19/h1-4H,5-7H2,(H,16,17)(H,18,19). The Morgan fingerprint density at radius 3 is 2.30 bits per heavy atom. The van der Waals surface area contributed by atoms with Gasteiger partial charge in [0.05, 0.1) is 6.42 Å². The second kappa shape index (κ2) is 6.90. The number of carboxylic acid groups (broad SMARTS) is 1. The zero-order valence-electron chi connectivity index (χ0n) is 10.2. The van der Waals surface area contributed by atoms with E-state index in [4.69, 9.17) is 5.11 Å². The summed E-state index contributed by atoms with van der Waals surface area (Å²) in [4.78, 5) is 21.7. The Hall–Kier alpha value is -2.09. The highest BCUT2D eigenvalue weighted by molar-refractivity contribution is 5.91. The number of ether oxygens (including phenoxy) is 1. The molecule has 1 aromatic rings. The van der Waals surface area contributed by atoms with Crippen LogP contribution in [0.2, 0.25) is 0 Å². The maximum atomic E-state index is 11.8. The SMILES string of the molecule is O=C(O)Cc1ccc(NC(=O)COCC(F)(F)F)cc1. The molecule has 0 spiro atoms. The van der Waals surface area contributed by atoms with Crippen molar-refractivity contribution in [2.45, 2.75) is 12.6 Å². The van der Waals surface area contributed by atoms with Crippen LogP contribution < -0.4 is 5.32 Å². The van der Waals surface area contributed by atoms with Gasteiger partial charge in [0.1, 0.15) is 13.2 Å². The molecule has 0 aliphatic heterocycles. The number of halogens is 3. The van der Waals surface area contributed by atoms with Gasteiger partial charge in [-0.2, -0.15) is 13.2 Å². The van der Waals surface area contributed by atoms with Crippen LogP contribution in [0.3, 0.4) is 0 Å². The van der Waals surface area contributed by atoms with Crippen LogP contribution in [0.5, 0.6) is 0 Å². The number of hydrogen-bond donors (Lipinski definition) is 2. The van der Waals surface area contributed by atoms with Crippen molar-refractivity contribution in [3.63, 3.8) is 0 Å². The van der Waals surface area contributed by atoms with Crippen molar-refractivity contribution < 1.29 is 32.6 Å². The molecule has 2 N–H and O–H groups in total. The summed E-state index contributed by atoms with van der Waals surface area (Å²) in [6.07, 6.45) is -4.62. The summed E-state index contributed by atoms with van der Waals surface area (Å²) < 4.78 is 39.5. The van der Waals surface area contributed by atoms with Crippen molar-refractivity contribution in [3.8, 4) is 0 Å². The van der Waals surface area contributed by atoms with E-state index >= 15 is 0 Å². The molecule has 110 valence electrons. The van der Waals surface area contributed by atoms with Crippen LogP contribution in [0, 0.1) is 0 Å². The first-order valence-electron chi connectivity index (χ1n) is 5.51. The average molecular weight is 291 g/mol. The summed E-state index contributed by atoms with van der Waals surface area (Å²) in [5.74, 6) is -1.71. The summed E-state index contributed by atoms with van der Waals surface area (Å²) in [5.41, 5.74) is 0.892. The lowest BCUT2D eigenvalue weighted by Gasteiger charge is -2.08. The van der Waals surface area contributed by atoms with E-state index in [9.17, 15) is 22.8 Å². The van der Waals surface area contributed by atoms with E-state index < -0.39 is 31.3 Å². The quantitative estimate of drug-likeness (QED) is 0.838. The minimum absolute atomic E-state index is 0.150. The van der Waals surface area contributed by atoms with E-state index in [1.807, 2.05) is 0 Å². The maximum absolute atomic E-state index is 11.8. The van der Waals surface area contributed by atoms with Crippen molar-refractivity contribution in [1.82, 2.24) is 0 Å². The van der Waals surface area contributed by atoms with E-state index in [-0.39, 0.29) is 6.42 Å². The predicted octanol–water partition coefficient (Wildman–Crippen LogP) is 1.83. The first kappa shape index (κ1) is 16.0. The van der Waals surface area contributed by atoms with Crippen molar-refractivity contribution in [1.29, 1.82) is 0 Å². The Labute approximate surface area is 112 Å². The normalized spacial score (nSPS) is 11.2. The van der Waals surface area contributed by atoms with Crippen LogP contribution in [0.1, 0.15) is 5.56 Å². The number of aliphatic carboxylic acids is 1. The number of carbonyl (C=O) groups is 2. The molecule has 0 unspecified atom stereocenters. The van der Waals surface area contributed by atoms with Crippen LogP contribution in [0.25, 0.3) is 0 Å². The number of rotatable bonds is 6. The Bertz CT molecular complexity index is 471. The highest BCUT2D eigenvalue weighted by Crippen LogP contribution is 2.14. The zero-order chi connectivity index (χ0) is 15.2. The van der Waals surface area contributed by atoms with Crippen molar-refractivity contribution in [2.75, 3.05) is 18.5 Å². The Morgan fingerprint density at radius 2 is 1.80 bits per heavy atom. The molecule has 0 aromatic heterocycles. The molecule has 0 fully saturated rings. The number of benzene rings is 1. The number of anilines is 1. The van der Waals surface area contributed by atoms with E-state index in [1.165, 1.54) is 24.3 Å². The van der Waals surface area contributed by atoms with Gasteiger partial charge in [0, 0.05) is 5.69 Å². The third kappa shape index (κ3) is 6.74. The number of carboxylic acids is 1. The van der Waals surface area contributed by atoms with Crippen LogP contribution >= 0.6 is 0 Å². The van der Waals surface area contributed by atoms with Gasteiger partial charge in [-0.15, -0.1) is 0 Å². The predicted molar refractivity (Wildman–Crippen MR) is 63.3 cm³/mol. The lowest BCUT2D eigenvalue weighted by atomic mass is 10.1. The van der Waals surface area contributed by atoms with Gasteiger partial charge in [0.15, 0.2) is 0 Å². The minimum atomic E-state index is -4.47. The third-order valence-corrected chi connectivity index (χ3v) is 2.09. The molecule has 0 bridgehead atoms. The minimum Gasteiger partial charge on any atom is -0.481 e.